The van der Waals surface area contributed by atoms with E-state index in [1.807, 2.05) is 35.0 Å². The standard InChI is InChI=1S/C20H16N2O2S2/c23-19(10-8-17-6-2-12-25-17)21-15-4-1-5-16(14-15)22-20(24)11-9-18-7-3-13-26-18/h1-14H,(H,21,23)(H,22,24)/b10-8-,11-9+. The molecule has 0 saturated carbocycles. The van der Waals surface area contributed by atoms with Crippen LogP contribution >= 0.6 is 22.7 Å². The van der Waals surface area contributed by atoms with E-state index in [4.69, 9.17) is 0 Å². The zero-order valence-electron chi connectivity index (χ0n) is 13.7. The summed E-state index contributed by atoms with van der Waals surface area (Å²) in [5, 5.41) is 9.48. The van der Waals surface area contributed by atoms with Gasteiger partial charge in [0.2, 0.25) is 11.8 Å². The molecule has 4 nitrogen and oxygen atoms in total. The molecule has 1 aromatic carbocycles. The Morgan fingerprint density at radius 3 is 1.65 bits per heavy atom. The predicted molar refractivity (Wildman–Crippen MR) is 110 cm³/mol. The molecule has 0 radical (unpaired) electrons. The summed E-state index contributed by atoms with van der Waals surface area (Å²) in [6.45, 7) is 0. The van der Waals surface area contributed by atoms with Crippen LogP contribution < -0.4 is 10.6 Å². The molecule has 0 saturated heterocycles. The van der Waals surface area contributed by atoms with E-state index in [1.165, 1.54) is 12.2 Å². The fraction of sp³-hybridized carbons (Fsp3) is 0. The fourth-order valence-electron chi connectivity index (χ4n) is 2.13. The number of carbonyl (C=O) groups is 2. The number of benzene rings is 1. The van der Waals surface area contributed by atoms with Gasteiger partial charge in [0.05, 0.1) is 0 Å². The van der Waals surface area contributed by atoms with Gasteiger partial charge in [0.25, 0.3) is 0 Å². The quantitative estimate of drug-likeness (QED) is 0.584. The molecule has 0 aliphatic heterocycles. The third-order valence-corrected chi connectivity index (χ3v) is 4.96. The Kier molecular flexibility index (Phi) is 6.14. The molecule has 0 aliphatic rings. The van der Waals surface area contributed by atoms with Crippen molar-refractivity contribution in [2.24, 2.45) is 0 Å². The lowest BCUT2D eigenvalue weighted by Crippen LogP contribution is -2.10. The molecule has 0 fully saturated rings. The maximum atomic E-state index is 12.0. The van der Waals surface area contributed by atoms with Gasteiger partial charge in [-0.05, 0) is 53.2 Å². The second-order valence-electron chi connectivity index (χ2n) is 5.26. The van der Waals surface area contributed by atoms with Gasteiger partial charge in [0, 0.05) is 33.3 Å². The molecule has 0 atom stereocenters. The van der Waals surface area contributed by atoms with E-state index in [0.717, 1.165) is 9.75 Å². The van der Waals surface area contributed by atoms with Crippen LogP contribution in [-0.2, 0) is 9.59 Å². The van der Waals surface area contributed by atoms with Crippen molar-refractivity contribution in [1.29, 1.82) is 0 Å². The zero-order chi connectivity index (χ0) is 18.2. The van der Waals surface area contributed by atoms with E-state index in [2.05, 4.69) is 10.6 Å². The van der Waals surface area contributed by atoms with Crippen molar-refractivity contribution in [3.05, 3.63) is 81.2 Å². The number of rotatable bonds is 6. The van der Waals surface area contributed by atoms with Gasteiger partial charge in [0.15, 0.2) is 0 Å². The summed E-state index contributed by atoms with van der Waals surface area (Å²) < 4.78 is 0. The Bertz CT molecular complexity index is 853. The van der Waals surface area contributed by atoms with Gasteiger partial charge < -0.3 is 10.6 Å². The van der Waals surface area contributed by atoms with E-state index in [9.17, 15) is 9.59 Å². The van der Waals surface area contributed by atoms with Crippen molar-refractivity contribution in [3.8, 4) is 0 Å². The minimum Gasteiger partial charge on any atom is -0.322 e. The third kappa shape index (κ3) is 5.54. The first-order chi connectivity index (χ1) is 12.7. The van der Waals surface area contributed by atoms with Crippen molar-refractivity contribution in [3.63, 3.8) is 0 Å². The van der Waals surface area contributed by atoms with Gasteiger partial charge in [-0.2, -0.15) is 0 Å². The molecule has 0 unspecified atom stereocenters. The first-order valence-corrected chi connectivity index (χ1v) is 9.60. The Morgan fingerprint density at radius 1 is 0.731 bits per heavy atom. The molecule has 0 spiro atoms. The van der Waals surface area contributed by atoms with E-state index in [-0.39, 0.29) is 11.8 Å². The topological polar surface area (TPSA) is 58.2 Å². The van der Waals surface area contributed by atoms with Gasteiger partial charge in [-0.3, -0.25) is 9.59 Å². The molecule has 2 N–H and O–H groups in total. The summed E-state index contributed by atoms with van der Waals surface area (Å²) >= 11 is 3.13. The lowest BCUT2D eigenvalue weighted by Gasteiger charge is -2.06. The molecule has 0 bridgehead atoms. The number of hydrogen-bond donors (Lipinski definition) is 2. The fourth-order valence-corrected chi connectivity index (χ4v) is 3.37. The summed E-state index contributed by atoms with van der Waals surface area (Å²) in [7, 11) is 0. The number of thiophene rings is 2. The van der Waals surface area contributed by atoms with Crippen LogP contribution in [0, 0.1) is 0 Å². The summed E-state index contributed by atoms with van der Waals surface area (Å²) in [5.41, 5.74) is 1.23. The van der Waals surface area contributed by atoms with Gasteiger partial charge >= 0.3 is 0 Å². The number of nitrogens with one attached hydrogen (secondary N) is 2. The first-order valence-electron chi connectivity index (χ1n) is 7.84. The molecule has 0 aliphatic carbocycles. The smallest absolute Gasteiger partial charge is 0.248 e. The molecule has 26 heavy (non-hydrogen) atoms. The second-order valence-corrected chi connectivity index (χ2v) is 7.22. The van der Waals surface area contributed by atoms with E-state index in [0.29, 0.717) is 11.4 Å². The zero-order valence-corrected chi connectivity index (χ0v) is 15.3. The highest BCUT2D eigenvalue weighted by atomic mass is 32.1. The average molecular weight is 380 g/mol. The maximum Gasteiger partial charge on any atom is 0.248 e. The van der Waals surface area contributed by atoms with Crippen LogP contribution in [0.15, 0.2) is 71.4 Å². The Labute approximate surface area is 159 Å². The largest absolute Gasteiger partial charge is 0.322 e. The van der Waals surface area contributed by atoms with Crippen molar-refractivity contribution >= 4 is 58.0 Å². The lowest BCUT2D eigenvalue weighted by molar-refractivity contribution is -0.112. The number of anilines is 2. The van der Waals surface area contributed by atoms with Crippen molar-refractivity contribution in [1.82, 2.24) is 0 Å². The van der Waals surface area contributed by atoms with Gasteiger partial charge in [-0.15, -0.1) is 22.7 Å². The lowest BCUT2D eigenvalue weighted by atomic mass is 10.2. The maximum absolute atomic E-state index is 12.0. The van der Waals surface area contributed by atoms with Crippen LogP contribution in [0.4, 0.5) is 11.4 Å². The number of hydrogen-bond acceptors (Lipinski definition) is 4. The monoisotopic (exact) mass is 380 g/mol. The highest BCUT2D eigenvalue weighted by molar-refractivity contribution is 7.11. The highest BCUT2D eigenvalue weighted by Crippen LogP contribution is 2.16. The highest BCUT2D eigenvalue weighted by Gasteiger charge is 2.02. The Balaban J connectivity index is 1.57. The van der Waals surface area contributed by atoms with Gasteiger partial charge in [-0.1, -0.05) is 18.2 Å². The number of amides is 2. The van der Waals surface area contributed by atoms with Crippen LogP contribution in [0.3, 0.4) is 0 Å². The SMILES string of the molecule is O=C(/C=C\c1cccs1)Nc1cccc(NC(=O)/C=C/c2cccs2)c1. The molecule has 3 aromatic rings. The molecule has 6 heteroatoms. The minimum absolute atomic E-state index is 0.223. The summed E-state index contributed by atoms with van der Waals surface area (Å²) in [4.78, 5) is 26.0. The van der Waals surface area contributed by atoms with Crippen LogP contribution in [0.25, 0.3) is 12.2 Å². The Morgan fingerprint density at radius 2 is 1.23 bits per heavy atom. The summed E-state index contributed by atoms with van der Waals surface area (Å²) in [5.74, 6) is -0.445. The normalized spacial score (nSPS) is 11.1. The van der Waals surface area contributed by atoms with Crippen molar-refractivity contribution < 1.29 is 9.59 Å². The molecule has 3 rings (SSSR count). The second kappa shape index (κ2) is 8.94. The molecule has 2 heterocycles. The Hall–Kier alpha value is -2.96. The molecular weight excluding hydrogens is 364 g/mol. The van der Waals surface area contributed by atoms with E-state index in [1.54, 1.807) is 59.1 Å². The molecule has 2 amide bonds. The van der Waals surface area contributed by atoms with Gasteiger partial charge in [0.1, 0.15) is 0 Å². The third-order valence-electron chi connectivity index (χ3n) is 3.28. The molecule has 2 aromatic heterocycles. The van der Waals surface area contributed by atoms with Crippen molar-refractivity contribution in [2.45, 2.75) is 0 Å². The van der Waals surface area contributed by atoms with Crippen LogP contribution in [0.2, 0.25) is 0 Å². The molecular formula is C20H16N2O2S2. The van der Waals surface area contributed by atoms with Crippen molar-refractivity contribution in [2.75, 3.05) is 10.6 Å². The minimum atomic E-state index is -0.223. The molecule has 130 valence electrons. The predicted octanol–water partition coefficient (Wildman–Crippen LogP) is 5.11. The summed E-state index contributed by atoms with van der Waals surface area (Å²) in [6, 6.07) is 14.8. The summed E-state index contributed by atoms with van der Waals surface area (Å²) in [6.07, 6.45) is 6.50. The van der Waals surface area contributed by atoms with E-state index < -0.39 is 0 Å². The van der Waals surface area contributed by atoms with Crippen LogP contribution in [-0.4, -0.2) is 11.8 Å². The van der Waals surface area contributed by atoms with Crippen LogP contribution in [0.5, 0.6) is 0 Å². The van der Waals surface area contributed by atoms with E-state index >= 15 is 0 Å². The first kappa shape index (κ1) is 17.8. The van der Waals surface area contributed by atoms with Gasteiger partial charge in [-0.25, -0.2) is 0 Å². The average Bonchev–Trinajstić information content (AvgIpc) is 3.32. The van der Waals surface area contributed by atoms with Crippen LogP contribution in [0.1, 0.15) is 9.75 Å². The number of carbonyl (C=O) groups excluding carboxylic acids is 2.